The Hall–Kier alpha value is -2.12. The van der Waals surface area contributed by atoms with Crippen molar-refractivity contribution in [1.29, 1.82) is 0 Å². The van der Waals surface area contributed by atoms with Crippen LogP contribution in [0.4, 0.5) is 9.80 Å². The molecule has 0 bridgehead atoms. The summed E-state index contributed by atoms with van der Waals surface area (Å²) >= 11 is 5.83. The molecule has 1 fully saturated rings. The van der Waals surface area contributed by atoms with Gasteiger partial charge in [-0.2, -0.15) is 0 Å². The van der Waals surface area contributed by atoms with Crippen LogP contribution in [0.3, 0.4) is 0 Å². The zero-order valence-electron chi connectivity index (χ0n) is 23.9. The molecule has 1 spiro atoms. The topological polar surface area (TPSA) is 70.1 Å². The Balaban J connectivity index is 1.51. The highest BCUT2D eigenvalue weighted by molar-refractivity contribution is 14.1. The van der Waals surface area contributed by atoms with Crippen molar-refractivity contribution in [3.05, 3.63) is 97.5 Å². The first kappa shape index (κ1) is 31.3. The second-order valence-electron chi connectivity index (χ2n) is 11.7. The van der Waals surface area contributed by atoms with Crippen LogP contribution in [0, 0.1) is 9.49 Å². The van der Waals surface area contributed by atoms with Gasteiger partial charge in [-0.05, 0) is 77.1 Å². The van der Waals surface area contributed by atoms with Gasteiger partial charge in [0.15, 0.2) is 5.60 Å². The number of benzene rings is 3. The second-order valence-corrected chi connectivity index (χ2v) is 17.6. The highest BCUT2D eigenvalue weighted by atomic mass is 127. The van der Waals surface area contributed by atoms with E-state index in [9.17, 15) is 14.7 Å². The molecule has 1 N–H and O–H groups in total. The number of aliphatic hydroxyl groups excluding tert-OH is 1. The standard InChI is InChI=1S/C32H35BrFIN2O4Si/c1-21-30(42(2,3)34)28(18-29(39)36(14-15-38)19-22-8-5-4-6-9-22)41-32(21)26-17-24(33)12-13-27(26)37(31(32)40)20-23-10-7-11-25(35)16-23/h4-13,16-17,21,28,30,38H,14-15,18-20H2,1-3H3/t21-,28+,30-,32+/m0/s1. The highest BCUT2D eigenvalue weighted by Gasteiger charge is 2.67. The van der Waals surface area contributed by atoms with Crippen LogP contribution in [0.15, 0.2) is 77.3 Å². The molecule has 3 aromatic carbocycles. The van der Waals surface area contributed by atoms with E-state index in [2.05, 4.69) is 38.5 Å². The summed E-state index contributed by atoms with van der Waals surface area (Å²) in [5.74, 6) is -0.957. The van der Waals surface area contributed by atoms with Crippen LogP contribution in [-0.4, -0.2) is 49.5 Å². The Morgan fingerprint density at radius 2 is 1.83 bits per heavy atom. The summed E-state index contributed by atoms with van der Waals surface area (Å²) in [5, 5.41) is 9.72. The summed E-state index contributed by atoms with van der Waals surface area (Å²) in [6.45, 7) is 5.81. The molecule has 0 saturated carbocycles. The fraction of sp³-hybridized carbons (Fsp3) is 0.375. The predicted molar refractivity (Wildman–Crippen MR) is 176 cm³/mol. The minimum absolute atomic E-state index is 0.0720. The van der Waals surface area contributed by atoms with Crippen LogP contribution in [0.5, 0.6) is 0 Å². The molecule has 222 valence electrons. The van der Waals surface area contributed by atoms with Gasteiger partial charge >= 0.3 is 0 Å². The van der Waals surface area contributed by atoms with Crippen LogP contribution < -0.4 is 4.90 Å². The Morgan fingerprint density at radius 3 is 2.50 bits per heavy atom. The number of fused-ring (bicyclic) bond motifs is 2. The molecule has 10 heteroatoms. The van der Waals surface area contributed by atoms with E-state index in [-0.39, 0.29) is 31.4 Å². The summed E-state index contributed by atoms with van der Waals surface area (Å²) in [5.41, 5.74) is 1.36. The largest absolute Gasteiger partial charge is 0.395 e. The lowest BCUT2D eigenvalue weighted by Gasteiger charge is -2.31. The third-order valence-electron chi connectivity index (χ3n) is 8.47. The second kappa shape index (κ2) is 12.5. The summed E-state index contributed by atoms with van der Waals surface area (Å²) < 4.78 is 24.8. The molecule has 4 atom stereocenters. The number of hydrogen-bond donors (Lipinski definition) is 1. The van der Waals surface area contributed by atoms with Gasteiger partial charge in [0, 0.05) is 38.2 Å². The van der Waals surface area contributed by atoms with Crippen LogP contribution in [0.2, 0.25) is 18.6 Å². The molecule has 2 aliphatic heterocycles. The molecule has 42 heavy (non-hydrogen) atoms. The van der Waals surface area contributed by atoms with Crippen LogP contribution in [-0.2, 0) is 33.0 Å². The van der Waals surface area contributed by atoms with E-state index in [0.29, 0.717) is 18.7 Å². The lowest BCUT2D eigenvalue weighted by Crippen LogP contribution is -2.45. The van der Waals surface area contributed by atoms with Crippen molar-refractivity contribution in [2.75, 3.05) is 18.1 Å². The molecule has 1 saturated heterocycles. The van der Waals surface area contributed by atoms with Crippen molar-refractivity contribution in [1.82, 2.24) is 4.90 Å². The van der Waals surface area contributed by atoms with E-state index >= 15 is 4.11 Å². The molecule has 2 aliphatic rings. The van der Waals surface area contributed by atoms with E-state index in [1.165, 1.54) is 0 Å². The van der Waals surface area contributed by atoms with E-state index < -0.39 is 31.6 Å². The number of anilines is 1. The number of amides is 2. The third kappa shape index (κ3) is 5.97. The number of aliphatic hydroxyl groups is 1. The predicted octanol–water partition coefficient (Wildman–Crippen LogP) is 6.79. The molecular weight excluding hydrogens is 730 g/mol. The molecule has 0 unspecified atom stereocenters. The smallest absolute Gasteiger partial charge is 0.264 e. The van der Waals surface area contributed by atoms with Gasteiger partial charge in [0.2, 0.25) is 14.3 Å². The van der Waals surface area contributed by atoms with Crippen LogP contribution in [0.1, 0.15) is 30.0 Å². The average Bonchev–Trinajstić information content (AvgIpc) is 3.35. The van der Waals surface area contributed by atoms with Crippen molar-refractivity contribution in [2.24, 2.45) is 5.92 Å². The Labute approximate surface area is 269 Å². The SMILES string of the molecule is C[C@H]1[C@H]([Si](C)(C)F)[C@@H](CC(=O)N(CCO)Cc2ccccc2)O[C@]12C(=O)N(Cc1cccc(I)c1)c1ccc(Br)cc12. The Morgan fingerprint density at radius 1 is 1.12 bits per heavy atom. The monoisotopic (exact) mass is 764 g/mol. The molecule has 0 aliphatic carbocycles. The normalized spacial score (nSPS) is 23.5. The van der Waals surface area contributed by atoms with Gasteiger partial charge < -0.3 is 23.8 Å². The molecule has 6 nitrogen and oxygen atoms in total. The minimum Gasteiger partial charge on any atom is -0.395 e. The van der Waals surface area contributed by atoms with Gasteiger partial charge in [-0.15, -0.1) is 0 Å². The Bertz CT molecular complexity index is 1470. The fourth-order valence-electron chi connectivity index (χ4n) is 6.71. The minimum atomic E-state index is -3.43. The van der Waals surface area contributed by atoms with Crippen molar-refractivity contribution in [3.63, 3.8) is 0 Å². The first-order chi connectivity index (χ1) is 20.0. The van der Waals surface area contributed by atoms with Gasteiger partial charge in [0.25, 0.3) is 5.91 Å². The molecule has 0 aromatic heterocycles. The number of hydrogen-bond acceptors (Lipinski definition) is 4. The zero-order valence-corrected chi connectivity index (χ0v) is 28.6. The highest BCUT2D eigenvalue weighted by Crippen LogP contribution is 2.60. The van der Waals surface area contributed by atoms with Gasteiger partial charge in [-0.1, -0.05) is 65.3 Å². The quantitative estimate of drug-likeness (QED) is 0.148. The van der Waals surface area contributed by atoms with E-state index in [1.54, 1.807) is 22.9 Å². The first-order valence-electron chi connectivity index (χ1n) is 14.1. The number of ether oxygens (including phenoxy) is 1. The number of rotatable bonds is 9. The van der Waals surface area contributed by atoms with Crippen molar-refractivity contribution >= 4 is 64.4 Å². The summed E-state index contributed by atoms with van der Waals surface area (Å²) in [6.07, 6.45) is -0.859. The van der Waals surface area contributed by atoms with E-state index in [1.807, 2.05) is 79.7 Å². The zero-order chi connectivity index (χ0) is 30.2. The molecule has 2 heterocycles. The lowest BCUT2D eigenvalue weighted by molar-refractivity contribution is -0.150. The average molecular weight is 766 g/mol. The van der Waals surface area contributed by atoms with Crippen molar-refractivity contribution in [2.45, 2.75) is 56.8 Å². The maximum Gasteiger partial charge on any atom is 0.264 e. The Kier molecular flexibility index (Phi) is 9.30. The maximum atomic E-state index is 16.2. The lowest BCUT2D eigenvalue weighted by atomic mass is 9.82. The maximum absolute atomic E-state index is 16.2. The number of carbonyl (C=O) groups excluding carboxylic acids is 2. The van der Waals surface area contributed by atoms with Gasteiger partial charge in [0.05, 0.1) is 31.4 Å². The molecule has 0 radical (unpaired) electrons. The van der Waals surface area contributed by atoms with Gasteiger partial charge in [0.1, 0.15) is 0 Å². The first-order valence-corrected chi connectivity index (χ1v) is 18.9. The van der Waals surface area contributed by atoms with E-state index in [4.69, 9.17) is 4.74 Å². The number of carbonyl (C=O) groups is 2. The van der Waals surface area contributed by atoms with Crippen molar-refractivity contribution < 1.29 is 23.5 Å². The van der Waals surface area contributed by atoms with Gasteiger partial charge in [-0.3, -0.25) is 9.59 Å². The number of nitrogens with zero attached hydrogens (tertiary/aromatic N) is 2. The summed E-state index contributed by atoms with van der Waals surface area (Å²) in [4.78, 5) is 31.6. The number of halogens is 3. The fourth-order valence-corrected chi connectivity index (χ4v) is 10.2. The van der Waals surface area contributed by atoms with Crippen molar-refractivity contribution in [3.8, 4) is 0 Å². The summed E-state index contributed by atoms with van der Waals surface area (Å²) in [6, 6.07) is 23.3. The molecule has 5 rings (SSSR count). The molecular formula is C32H35BrFIN2O4Si. The van der Waals surface area contributed by atoms with E-state index in [0.717, 1.165) is 24.9 Å². The third-order valence-corrected chi connectivity index (χ3v) is 12.1. The molecule has 2 amide bonds. The summed E-state index contributed by atoms with van der Waals surface area (Å²) in [7, 11) is -3.43. The molecule has 3 aromatic rings. The van der Waals surface area contributed by atoms with Crippen LogP contribution in [0.25, 0.3) is 0 Å². The van der Waals surface area contributed by atoms with Crippen LogP contribution >= 0.6 is 38.5 Å². The van der Waals surface area contributed by atoms with Gasteiger partial charge in [-0.25, -0.2) is 0 Å².